The normalized spacial score (nSPS) is 10.7. The third-order valence-electron chi connectivity index (χ3n) is 1.96. The fourth-order valence-corrected chi connectivity index (χ4v) is 2.25. The zero-order valence-corrected chi connectivity index (χ0v) is 8.24. The molecular weight excluding hydrogens is 187 g/mol. The van der Waals surface area contributed by atoms with E-state index in [4.69, 9.17) is 4.74 Å². The van der Waals surface area contributed by atoms with Crippen LogP contribution >= 0.6 is 11.3 Å². The van der Waals surface area contributed by atoms with Gasteiger partial charge in [0.2, 0.25) is 0 Å². The maximum absolute atomic E-state index is 13.2. The second kappa shape index (κ2) is 3.00. The zero-order valence-electron chi connectivity index (χ0n) is 7.43. The molecular formula is C10H9FOS. The average Bonchev–Trinajstić information content (AvgIpc) is 2.47. The van der Waals surface area contributed by atoms with Crippen molar-refractivity contribution in [3.05, 3.63) is 28.9 Å². The number of thiophene rings is 1. The van der Waals surface area contributed by atoms with E-state index in [0.29, 0.717) is 5.39 Å². The minimum Gasteiger partial charge on any atom is -0.495 e. The number of methoxy groups -OCH3 is 1. The molecule has 1 aromatic carbocycles. The van der Waals surface area contributed by atoms with Crippen molar-refractivity contribution < 1.29 is 9.13 Å². The first-order chi connectivity index (χ1) is 6.22. The van der Waals surface area contributed by atoms with Crippen LogP contribution in [0.4, 0.5) is 4.39 Å². The molecule has 0 bridgehead atoms. The van der Waals surface area contributed by atoms with E-state index in [9.17, 15) is 4.39 Å². The van der Waals surface area contributed by atoms with Crippen LogP contribution in [0.1, 0.15) is 5.56 Å². The molecule has 0 fully saturated rings. The summed E-state index contributed by atoms with van der Waals surface area (Å²) in [6.07, 6.45) is 0. The number of hydrogen-bond donors (Lipinski definition) is 0. The zero-order chi connectivity index (χ0) is 9.42. The summed E-state index contributed by atoms with van der Waals surface area (Å²) in [5.41, 5.74) is 1.02. The van der Waals surface area contributed by atoms with Gasteiger partial charge in [0.25, 0.3) is 0 Å². The Morgan fingerprint density at radius 3 is 2.85 bits per heavy atom. The third-order valence-corrected chi connectivity index (χ3v) is 2.94. The Morgan fingerprint density at radius 1 is 1.38 bits per heavy atom. The molecule has 2 rings (SSSR count). The van der Waals surface area contributed by atoms with Gasteiger partial charge in [0.15, 0.2) is 0 Å². The lowest BCUT2D eigenvalue weighted by Crippen LogP contribution is -1.84. The molecule has 13 heavy (non-hydrogen) atoms. The van der Waals surface area contributed by atoms with E-state index in [-0.39, 0.29) is 5.82 Å². The molecule has 0 aliphatic heterocycles. The van der Waals surface area contributed by atoms with Crippen LogP contribution in [0.3, 0.4) is 0 Å². The van der Waals surface area contributed by atoms with Crippen LogP contribution in [0.25, 0.3) is 10.1 Å². The Bertz CT molecular complexity index is 447. The first-order valence-electron chi connectivity index (χ1n) is 3.93. The summed E-state index contributed by atoms with van der Waals surface area (Å²) in [7, 11) is 1.60. The van der Waals surface area contributed by atoms with Gasteiger partial charge in [0.05, 0.1) is 11.8 Å². The van der Waals surface area contributed by atoms with Crippen LogP contribution in [-0.2, 0) is 0 Å². The number of benzene rings is 1. The van der Waals surface area contributed by atoms with E-state index in [1.165, 1.54) is 16.7 Å². The SMILES string of the molecule is COc1cc(C)cc2c(F)csc12. The minimum atomic E-state index is -0.165. The van der Waals surface area contributed by atoms with Gasteiger partial charge in [-0.25, -0.2) is 4.39 Å². The Balaban J connectivity index is 2.84. The Labute approximate surface area is 79.8 Å². The van der Waals surface area contributed by atoms with Crippen LogP contribution in [-0.4, -0.2) is 7.11 Å². The molecule has 0 radical (unpaired) electrons. The van der Waals surface area contributed by atoms with Crippen molar-refractivity contribution >= 4 is 21.4 Å². The van der Waals surface area contributed by atoms with Gasteiger partial charge in [-0.2, -0.15) is 0 Å². The van der Waals surface area contributed by atoms with Gasteiger partial charge < -0.3 is 4.74 Å². The van der Waals surface area contributed by atoms with Crippen molar-refractivity contribution in [2.75, 3.05) is 7.11 Å². The molecule has 1 aromatic heterocycles. The van der Waals surface area contributed by atoms with Crippen LogP contribution in [0, 0.1) is 12.7 Å². The first kappa shape index (κ1) is 8.51. The van der Waals surface area contributed by atoms with Crippen molar-refractivity contribution in [1.82, 2.24) is 0 Å². The fraction of sp³-hybridized carbons (Fsp3) is 0.200. The highest BCUT2D eigenvalue weighted by atomic mass is 32.1. The molecule has 0 unspecified atom stereocenters. The van der Waals surface area contributed by atoms with Gasteiger partial charge in [-0.3, -0.25) is 0 Å². The predicted molar refractivity (Wildman–Crippen MR) is 53.1 cm³/mol. The predicted octanol–water partition coefficient (Wildman–Crippen LogP) is 3.36. The van der Waals surface area contributed by atoms with E-state index < -0.39 is 0 Å². The summed E-state index contributed by atoms with van der Waals surface area (Å²) in [5, 5.41) is 2.16. The number of rotatable bonds is 1. The van der Waals surface area contributed by atoms with Gasteiger partial charge >= 0.3 is 0 Å². The lowest BCUT2D eigenvalue weighted by molar-refractivity contribution is 0.420. The highest BCUT2D eigenvalue weighted by Crippen LogP contribution is 2.33. The van der Waals surface area contributed by atoms with E-state index in [1.807, 2.05) is 19.1 Å². The molecule has 1 nitrogen and oxygen atoms in total. The largest absolute Gasteiger partial charge is 0.495 e. The van der Waals surface area contributed by atoms with Crippen molar-refractivity contribution in [1.29, 1.82) is 0 Å². The lowest BCUT2D eigenvalue weighted by atomic mass is 10.2. The standard InChI is InChI=1S/C10H9FOS/c1-6-3-7-8(11)5-13-10(7)9(4-6)12-2/h3-5H,1-2H3. The number of fused-ring (bicyclic) bond motifs is 1. The Hall–Kier alpha value is -1.09. The monoisotopic (exact) mass is 196 g/mol. The number of ether oxygens (including phenoxy) is 1. The molecule has 2 aromatic rings. The van der Waals surface area contributed by atoms with E-state index in [0.717, 1.165) is 16.0 Å². The smallest absolute Gasteiger partial charge is 0.141 e. The van der Waals surface area contributed by atoms with Gasteiger partial charge in [0, 0.05) is 10.8 Å². The maximum Gasteiger partial charge on any atom is 0.141 e. The lowest BCUT2D eigenvalue weighted by Gasteiger charge is -2.02. The van der Waals surface area contributed by atoms with Gasteiger partial charge in [-0.05, 0) is 24.6 Å². The van der Waals surface area contributed by atoms with Crippen molar-refractivity contribution in [3.63, 3.8) is 0 Å². The topological polar surface area (TPSA) is 9.23 Å². The number of hydrogen-bond acceptors (Lipinski definition) is 2. The molecule has 3 heteroatoms. The molecule has 0 atom stereocenters. The highest BCUT2D eigenvalue weighted by Gasteiger charge is 2.08. The fourth-order valence-electron chi connectivity index (χ4n) is 1.36. The van der Waals surface area contributed by atoms with Gasteiger partial charge in [-0.1, -0.05) is 0 Å². The molecule has 0 spiro atoms. The van der Waals surface area contributed by atoms with Gasteiger partial charge in [-0.15, -0.1) is 11.3 Å². The van der Waals surface area contributed by atoms with E-state index in [2.05, 4.69) is 0 Å². The van der Waals surface area contributed by atoms with Crippen molar-refractivity contribution in [2.45, 2.75) is 6.92 Å². The van der Waals surface area contributed by atoms with Gasteiger partial charge in [0.1, 0.15) is 11.6 Å². The summed E-state index contributed by atoms with van der Waals surface area (Å²) in [5.74, 6) is 0.589. The molecule has 0 N–H and O–H groups in total. The minimum absolute atomic E-state index is 0.165. The summed E-state index contributed by atoms with van der Waals surface area (Å²) >= 11 is 1.37. The van der Waals surface area contributed by atoms with E-state index >= 15 is 0 Å². The highest BCUT2D eigenvalue weighted by molar-refractivity contribution is 7.17. The third kappa shape index (κ3) is 1.29. The van der Waals surface area contributed by atoms with Crippen LogP contribution in [0.2, 0.25) is 0 Å². The molecule has 0 amide bonds. The van der Waals surface area contributed by atoms with Crippen LogP contribution in [0.5, 0.6) is 5.75 Å². The van der Waals surface area contributed by atoms with E-state index in [1.54, 1.807) is 7.11 Å². The molecule has 0 aliphatic carbocycles. The number of aryl methyl sites for hydroxylation is 1. The summed E-state index contributed by atoms with van der Waals surface area (Å²) in [6, 6.07) is 3.75. The molecule has 68 valence electrons. The van der Waals surface area contributed by atoms with Crippen molar-refractivity contribution in [3.8, 4) is 5.75 Å². The molecule has 1 heterocycles. The van der Waals surface area contributed by atoms with Crippen molar-refractivity contribution in [2.24, 2.45) is 0 Å². The molecule has 0 saturated heterocycles. The molecule has 0 aliphatic rings. The first-order valence-corrected chi connectivity index (χ1v) is 4.81. The second-order valence-electron chi connectivity index (χ2n) is 2.93. The van der Waals surface area contributed by atoms with Crippen LogP contribution < -0.4 is 4.74 Å². The Morgan fingerprint density at radius 2 is 2.15 bits per heavy atom. The summed E-state index contributed by atoms with van der Waals surface area (Å²) < 4.78 is 19.2. The quantitative estimate of drug-likeness (QED) is 0.679. The average molecular weight is 196 g/mol. The number of halogens is 1. The Kier molecular flexibility index (Phi) is 1.96. The maximum atomic E-state index is 13.2. The molecule has 0 saturated carbocycles. The summed E-state index contributed by atoms with van der Waals surface area (Å²) in [6.45, 7) is 1.93. The summed E-state index contributed by atoms with van der Waals surface area (Å²) in [4.78, 5) is 0. The van der Waals surface area contributed by atoms with Crippen LogP contribution in [0.15, 0.2) is 17.5 Å². The second-order valence-corrected chi connectivity index (χ2v) is 3.81.